The van der Waals surface area contributed by atoms with E-state index in [9.17, 15) is 0 Å². The Labute approximate surface area is 129 Å². The first kappa shape index (κ1) is 19.7. The zero-order chi connectivity index (χ0) is 15.1. The second-order valence-corrected chi connectivity index (χ2v) is 6.23. The van der Waals surface area contributed by atoms with Gasteiger partial charge in [-0.25, -0.2) is 0 Å². The average Bonchev–Trinajstić information content (AvgIpc) is 2.53. The molecule has 0 heteroatoms. The van der Waals surface area contributed by atoms with Crippen molar-refractivity contribution in [3.63, 3.8) is 0 Å². The van der Waals surface area contributed by atoms with Crippen LogP contribution < -0.4 is 0 Å². The van der Waals surface area contributed by atoms with Crippen LogP contribution >= 0.6 is 0 Å². The summed E-state index contributed by atoms with van der Waals surface area (Å²) in [6.07, 6.45) is 22.0. The van der Waals surface area contributed by atoms with Gasteiger partial charge in [-0.1, -0.05) is 97.6 Å². The molecule has 1 fully saturated rings. The van der Waals surface area contributed by atoms with Gasteiger partial charge in [-0.3, -0.25) is 0 Å². The van der Waals surface area contributed by atoms with Crippen molar-refractivity contribution in [3.8, 4) is 0 Å². The van der Waals surface area contributed by atoms with Crippen molar-refractivity contribution in [2.24, 2.45) is 11.8 Å². The van der Waals surface area contributed by atoms with Crippen LogP contribution in [0.5, 0.6) is 0 Å². The number of rotatable bonds is 4. The van der Waals surface area contributed by atoms with Gasteiger partial charge in [-0.05, 0) is 31.1 Å². The molecule has 0 aromatic carbocycles. The van der Waals surface area contributed by atoms with Gasteiger partial charge in [0, 0.05) is 0 Å². The number of hydrogen-bond donors (Lipinski definition) is 0. The van der Waals surface area contributed by atoms with Gasteiger partial charge in [0.2, 0.25) is 0 Å². The summed E-state index contributed by atoms with van der Waals surface area (Å²) in [5, 5.41) is 0. The molecule has 2 rings (SSSR count). The van der Waals surface area contributed by atoms with E-state index in [2.05, 4.69) is 26.0 Å². The van der Waals surface area contributed by atoms with E-state index in [4.69, 9.17) is 0 Å². The maximum Gasteiger partial charge on any atom is -0.0322 e. The van der Waals surface area contributed by atoms with E-state index in [1.807, 2.05) is 13.8 Å². The minimum Gasteiger partial charge on any atom is -0.0885 e. The lowest BCUT2D eigenvalue weighted by Crippen LogP contribution is -2.04. The molecule has 1 atom stereocenters. The second kappa shape index (κ2) is 15.1. The van der Waals surface area contributed by atoms with Crippen LogP contribution in [0.4, 0.5) is 0 Å². The van der Waals surface area contributed by atoms with Crippen LogP contribution in [0.25, 0.3) is 0 Å². The molecule has 2 aliphatic rings. The van der Waals surface area contributed by atoms with Gasteiger partial charge in [0.15, 0.2) is 0 Å². The zero-order valence-corrected chi connectivity index (χ0v) is 14.8. The molecular formula is C20H40. The molecule has 0 saturated heterocycles. The summed E-state index contributed by atoms with van der Waals surface area (Å²) in [4.78, 5) is 0. The van der Waals surface area contributed by atoms with Crippen molar-refractivity contribution in [2.45, 2.75) is 105 Å². The fourth-order valence-corrected chi connectivity index (χ4v) is 3.41. The SMILES string of the molecule is CC.CCCC1CC=CCC1.CCCC1CCCCC1. The summed E-state index contributed by atoms with van der Waals surface area (Å²) >= 11 is 0. The van der Waals surface area contributed by atoms with E-state index in [1.165, 1.54) is 77.0 Å². The number of allylic oxidation sites excluding steroid dienone is 2. The average molecular weight is 281 g/mol. The fourth-order valence-electron chi connectivity index (χ4n) is 3.41. The third kappa shape index (κ3) is 10.5. The molecule has 0 aromatic heterocycles. The van der Waals surface area contributed by atoms with Crippen LogP contribution in [-0.4, -0.2) is 0 Å². The molecule has 0 radical (unpaired) electrons. The smallest absolute Gasteiger partial charge is 0.0322 e. The molecule has 120 valence electrons. The molecule has 0 bridgehead atoms. The zero-order valence-electron chi connectivity index (χ0n) is 14.8. The molecule has 0 nitrogen and oxygen atoms in total. The first-order valence-electron chi connectivity index (χ1n) is 9.51. The van der Waals surface area contributed by atoms with E-state index in [0.29, 0.717) is 0 Å². The van der Waals surface area contributed by atoms with Gasteiger partial charge in [0.25, 0.3) is 0 Å². The molecule has 0 spiro atoms. The Balaban J connectivity index is 0.000000321. The van der Waals surface area contributed by atoms with Crippen LogP contribution in [0.2, 0.25) is 0 Å². The Hall–Kier alpha value is -0.260. The molecular weight excluding hydrogens is 240 g/mol. The largest absolute Gasteiger partial charge is 0.0885 e. The van der Waals surface area contributed by atoms with Gasteiger partial charge in [-0.2, -0.15) is 0 Å². The molecule has 0 aliphatic heterocycles. The Bertz CT molecular complexity index is 195. The summed E-state index contributed by atoms with van der Waals surface area (Å²) in [5.74, 6) is 2.11. The maximum absolute atomic E-state index is 2.34. The maximum atomic E-state index is 2.34. The van der Waals surface area contributed by atoms with Crippen molar-refractivity contribution < 1.29 is 0 Å². The summed E-state index contributed by atoms with van der Waals surface area (Å²) in [6, 6.07) is 0. The Morgan fingerprint density at radius 1 is 0.750 bits per heavy atom. The Kier molecular flexibility index (Phi) is 14.9. The highest BCUT2D eigenvalue weighted by Crippen LogP contribution is 2.26. The highest BCUT2D eigenvalue weighted by atomic mass is 14.2. The highest BCUT2D eigenvalue weighted by molar-refractivity contribution is 4.89. The monoisotopic (exact) mass is 280 g/mol. The Morgan fingerprint density at radius 3 is 1.85 bits per heavy atom. The number of hydrogen-bond acceptors (Lipinski definition) is 0. The van der Waals surface area contributed by atoms with Crippen LogP contribution in [0, 0.1) is 11.8 Å². The van der Waals surface area contributed by atoms with E-state index in [-0.39, 0.29) is 0 Å². The third-order valence-electron chi connectivity index (χ3n) is 4.50. The van der Waals surface area contributed by atoms with Crippen LogP contribution in [-0.2, 0) is 0 Å². The predicted molar refractivity (Wildman–Crippen MR) is 94.2 cm³/mol. The quantitative estimate of drug-likeness (QED) is 0.467. The lowest BCUT2D eigenvalue weighted by atomic mass is 9.86. The normalized spacial score (nSPS) is 22.3. The first-order chi connectivity index (χ1) is 9.86. The standard InChI is InChI=1S/C9H18.C9H16.C2H6/c2*1-2-6-9-7-4-3-5-8-9;1-2/h9H,2-8H2,1H3;3-4,9H,2,5-8H2,1H3;1-2H3. The summed E-state index contributed by atoms with van der Waals surface area (Å²) < 4.78 is 0. The van der Waals surface area contributed by atoms with Gasteiger partial charge in [0.1, 0.15) is 0 Å². The van der Waals surface area contributed by atoms with Crippen LogP contribution in [0.15, 0.2) is 12.2 Å². The molecule has 1 unspecified atom stereocenters. The molecule has 0 heterocycles. The lowest BCUT2D eigenvalue weighted by molar-refractivity contribution is 0.336. The third-order valence-corrected chi connectivity index (χ3v) is 4.50. The van der Waals surface area contributed by atoms with E-state index >= 15 is 0 Å². The van der Waals surface area contributed by atoms with E-state index < -0.39 is 0 Å². The summed E-state index contributed by atoms with van der Waals surface area (Å²) in [6.45, 7) is 8.58. The minimum atomic E-state index is 1.01. The van der Waals surface area contributed by atoms with Gasteiger partial charge in [-0.15, -0.1) is 0 Å². The van der Waals surface area contributed by atoms with Crippen molar-refractivity contribution >= 4 is 0 Å². The molecule has 20 heavy (non-hydrogen) atoms. The van der Waals surface area contributed by atoms with Gasteiger partial charge in [0.05, 0.1) is 0 Å². The summed E-state index contributed by atoms with van der Waals surface area (Å²) in [7, 11) is 0. The fraction of sp³-hybridized carbons (Fsp3) is 0.900. The molecule has 0 amide bonds. The van der Waals surface area contributed by atoms with Crippen molar-refractivity contribution in [1.82, 2.24) is 0 Å². The van der Waals surface area contributed by atoms with Crippen LogP contribution in [0.1, 0.15) is 105 Å². The molecule has 0 N–H and O–H groups in total. The van der Waals surface area contributed by atoms with E-state index in [0.717, 1.165) is 11.8 Å². The van der Waals surface area contributed by atoms with Crippen molar-refractivity contribution in [1.29, 1.82) is 0 Å². The Morgan fingerprint density at radius 2 is 1.35 bits per heavy atom. The molecule has 0 aromatic rings. The predicted octanol–water partition coefficient (Wildman–Crippen LogP) is 7.54. The minimum absolute atomic E-state index is 1.01. The van der Waals surface area contributed by atoms with Gasteiger partial charge >= 0.3 is 0 Å². The van der Waals surface area contributed by atoms with E-state index in [1.54, 1.807) is 0 Å². The topological polar surface area (TPSA) is 0 Å². The van der Waals surface area contributed by atoms with Crippen molar-refractivity contribution in [2.75, 3.05) is 0 Å². The van der Waals surface area contributed by atoms with Gasteiger partial charge < -0.3 is 0 Å². The first-order valence-corrected chi connectivity index (χ1v) is 9.51. The highest BCUT2D eigenvalue weighted by Gasteiger charge is 2.11. The van der Waals surface area contributed by atoms with Crippen LogP contribution in [0.3, 0.4) is 0 Å². The molecule has 2 aliphatic carbocycles. The second-order valence-electron chi connectivity index (χ2n) is 6.23. The lowest BCUT2D eigenvalue weighted by Gasteiger charge is -2.20. The summed E-state index contributed by atoms with van der Waals surface area (Å²) in [5.41, 5.74) is 0. The van der Waals surface area contributed by atoms with Crippen molar-refractivity contribution in [3.05, 3.63) is 12.2 Å². The molecule has 1 saturated carbocycles.